The van der Waals surface area contributed by atoms with Gasteiger partial charge in [0.2, 0.25) is 0 Å². The van der Waals surface area contributed by atoms with Gasteiger partial charge in [0, 0.05) is 30.6 Å². The lowest BCUT2D eigenvalue weighted by Crippen LogP contribution is -2.35. The maximum atomic E-state index is 4.42. The first-order valence-electron chi connectivity index (χ1n) is 8.90. The Kier molecular flexibility index (Phi) is 4.67. The minimum Gasteiger partial charge on any atom is -0.315 e. The molecular formula is C18H24N6S. The van der Waals surface area contributed by atoms with Gasteiger partial charge in [-0.3, -0.25) is 10.00 Å². The van der Waals surface area contributed by atoms with Crippen LogP contribution in [0.2, 0.25) is 0 Å². The lowest BCUT2D eigenvalue weighted by atomic mass is 9.96. The molecule has 0 aromatic carbocycles. The molecule has 1 saturated heterocycles. The van der Waals surface area contributed by atoms with Crippen molar-refractivity contribution in [1.82, 2.24) is 29.9 Å². The number of H-pyrrole nitrogens is 1. The topological polar surface area (TPSA) is 62.6 Å². The van der Waals surface area contributed by atoms with Gasteiger partial charge in [-0.2, -0.15) is 5.10 Å². The second kappa shape index (κ2) is 7.09. The van der Waals surface area contributed by atoms with Crippen LogP contribution in [0.5, 0.6) is 0 Å². The monoisotopic (exact) mass is 356 g/mol. The van der Waals surface area contributed by atoms with Gasteiger partial charge in [0.1, 0.15) is 12.2 Å². The van der Waals surface area contributed by atoms with E-state index in [9.17, 15) is 0 Å². The highest BCUT2D eigenvalue weighted by molar-refractivity contribution is 7.13. The fourth-order valence-corrected chi connectivity index (χ4v) is 4.41. The van der Waals surface area contributed by atoms with Crippen LogP contribution < -0.4 is 0 Å². The molecule has 1 aliphatic heterocycles. The molecule has 6 nitrogen and oxygen atoms in total. The van der Waals surface area contributed by atoms with Crippen LogP contribution in [0.15, 0.2) is 30.0 Å². The molecule has 4 rings (SSSR count). The standard InChI is InChI=1S/C18H24N6S/c1-13(2)24-12-20-22-18(24)14-5-3-7-23(10-14)11-15-9-19-21-17(15)16-6-4-8-25-16/h4,6,8-9,12-14H,3,5,7,10-11H2,1-2H3,(H,19,21)/t14-/m0/s1. The van der Waals surface area contributed by atoms with Gasteiger partial charge in [0.25, 0.3) is 0 Å². The van der Waals surface area contributed by atoms with Crippen molar-refractivity contribution >= 4 is 11.3 Å². The van der Waals surface area contributed by atoms with Crippen molar-refractivity contribution in [2.45, 2.75) is 45.2 Å². The summed E-state index contributed by atoms with van der Waals surface area (Å²) in [6.07, 6.45) is 6.21. The average Bonchev–Trinajstić information content (AvgIpc) is 3.35. The van der Waals surface area contributed by atoms with Gasteiger partial charge >= 0.3 is 0 Å². The number of aromatic nitrogens is 5. The molecule has 0 saturated carbocycles. The van der Waals surface area contributed by atoms with Crippen molar-refractivity contribution in [1.29, 1.82) is 0 Å². The van der Waals surface area contributed by atoms with Gasteiger partial charge in [0.15, 0.2) is 0 Å². The van der Waals surface area contributed by atoms with Gasteiger partial charge in [-0.05, 0) is 44.7 Å². The van der Waals surface area contributed by atoms with E-state index in [-0.39, 0.29) is 0 Å². The lowest BCUT2D eigenvalue weighted by Gasteiger charge is -2.32. The molecule has 7 heteroatoms. The van der Waals surface area contributed by atoms with E-state index in [1.807, 2.05) is 12.5 Å². The molecule has 0 aliphatic carbocycles. The van der Waals surface area contributed by atoms with Crippen molar-refractivity contribution in [3.05, 3.63) is 41.4 Å². The number of nitrogens with zero attached hydrogens (tertiary/aromatic N) is 5. The van der Waals surface area contributed by atoms with Crippen molar-refractivity contribution in [2.24, 2.45) is 0 Å². The van der Waals surface area contributed by atoms with E-state index >= 15 is 0 Å². The number of likely N-dealkylation sites (tertiary alicyclic amines) is 1. The van der Waals surface area contributed by atoms with E-state index in [4.69, 9.17) is 0 Å². The van der Waals surface area contributed by atoms with Crippen LogP contribution in [0.1, 0.15) is 50.0 Å². The molecule has 0 spiro atoms. The molecule has 0 bridgehead atoms. The van der Waals surface area contributed by atoms with Gasteiger partial charge in [-0.25, -0.2) is 0 Å². The third-order valence-corrected chi connectivity index (χ3v) is 5.79. The Morgan fingerprint density at radius 3 is 3.12 bits per heavy atom. The summed E-state index contributed by atoms with van der Waals surface area (Å²) in [5, 5.41) is 18.1. The minimum absolute atomic E-state index is 0.402. The fraction of sp³-hybridized carbons (Fsp3) is 0.500. The Hall–Kier alpha value is -1.99. The predicted octanol–water partition coefficient (Wildman–Crippen LogP) is 3.69. The van der Waals surface area contributed by atoms with Crippen LogP contribution in [0, 0.1) is 0 Å². The molecule has 3 aromatic rings. The summed E-state index contributed by atoms with van der Waals surface area (Å²) in [4.78, 5) is 3.77. The smallest absolute Gasteiger partial charge is 0.137 e. The molecule has 1 N–H and O–H groups in total. The molecule has 25 heavy (non-hydrogen) atoms. The van der Waals surface area contributed by atoms with Crippen molar-refractivity contribution < 1.29 is 0 Å². The first-order chi connectivity index (χ1) is 12.2. The summed E-state index contributed by atoms with van der Waals surface area (Å²) in [7, 11) is 0. The quantitative estimate of drug-likeness (QED) is 0.757. The average molecular weight is 356 g/mol. The van der Waals surface area contributed by atoms with Crippen molar-refractivity contribution in [3.63, 3.8) is 0 Å². The summed E-state index contributed by atoms with van der Waals surface area (Å²) in [5.41, 5.74) is 2.43. The number of hydrogen-bond donors (Lipinski definition) is 1. The van der Waals surface area contributed by atoms with Gasteiger partial charge in [0.05, 0.1) is 16.8 Å². The van der Waals surface area contributed by atoms with E-state index in [1.165, 1.54) is 23.3 Å². The Balaban J connectivity index is 1.49. The SMILES string of the molecule is CC(C)n1cnnc1[C@H]1CCCN(Cc2cn[nH]c2-c2cccs2)C1. The number of thiophene rings is 1. The first kappa shape index (κ1) is 16.5. The Morgan fingerprint density at radius 2 is 2.32 bits per heavy atom. The third-order valence-electron chi connectivity index (χ3n) is 4.91. The van der Waals surface area contributed by atoms with Crippen LogP contribution in [-0.4, -0.2) is 43.0 Å². The Labute approximate surface area is 151 Å². The van der Waals surface area contributed by atoms with Crippen molar-refractivity contribution in [3.8, 4) is 10.6 Å². The van der Waals surface area contributed by atoms with E-state index in [0.29, 0.717) is 12.0 Å². The molecule has 1 atom stereocenters. The summed E-state index contributed by atoms with van der Waals surface area (Å²) in [6.45, 7) is 7.45. The highest BCUT2D eigenvalue weighted by Crippen LogP contribution is 2.30. The zero-order chi connectivity index (χ0) is 17.2. The Morgan fingerprint density at radius 1 is 1.40 bits per heavy atom. The molecular weight excluding hydrogens is 332 g/mol. The van der Waals surface area contributed by atoms with Gasteiger partial charge < -0.3 is 4.57 Å². The molecule has 1 aliphatic rings. The number of rotatable bonds is 5. The Bertz CT molecular complexity index is 803. The summed E-state index contributed by atoms with van der Waals surface area (Å²) < 4.78 is 2.21. The van der Waals surface area contributed by atoms with Crippen LogP contribution in [0.3, 0.4) is 0 Å². The normalized spacial score (nSPS) is 18.9. The number of hydrogen-bond acceptors (Lipinski definition) is 5. The largest absolute Gasteiger partial charge is 0.315 e. The van der Waals surface area contributed by atoms with Gasteiger partial charge in [-0.15, -0.1) is 21.5 Å². The van der Waals surface area contributed by atoms with Gasteiger partial charge in [-0.1, -0.05) is 6.07 Å². The number of piperidine rings is 1. The first-order valence-corrected chi connectivity index (χ1v) is 9.78. The molecule has 4 heterocycles. The highest BCUT2D eigenvalue weighted by Gasteiger charge is 2.26. The lowest BCUT2D eigenvalue weighted by molar-refractivity contribution is 0.194. The zero-order valence-corrected chi connectivity index (χ0v) is 15.5. The minimum atomic E-state index is 0.402. The molecule has 3 aromatic heterocycles. The number of nitrogens with one attached hydrogen (secondary N) is 1. The van der Waals surface area contributed by atoms with Crippen molar-refractivity contribution in [2.75, 3.05) is 13.1 Å². The molecule has 132 valence electrons. The van der Waals surface area contributed by atoms with Crippen LogP contribution in [0.25, 0.3) is 10.6 Å². The van der Waals surface area contributed by atoms with E-state index < -0.39 is 0 Å². The highest BCUT2D eigenvalue weighted by atomic mass is 32.1. The summed E-state index contributed by atoms with van der Waals surface area (Å²) >= 11 is 1.75. The third kappa shape index (κ3) is 3.39. The second-order valence-electron chi connectivity index (χ2n) is 7.01. The number of aromatic amines is 1. The fourth-order valence-electron chi connectivity index (χ4n) is 3.66. The van der Waals surface area contributed by atoms with Crippen LogP contribution in [0.4, 0.5) is 0 Å². The van der Waals surface area contributed by atoms with E-state index in [0.717, 1.165) is 31.2 Å². The second-order valence-corrected chi connectivity index (χ2v) is 7.96. The molecule has 0 amide bonds. The maximum absolute atomic E-state index is 4.42. The maximum Gasteiger partial charge on any atom is 0.137 e. The molecule has 1 fully saturated rings. The summed E-state index contributed by atoms with van der Waals surface area (Å²) in [6, 6.07) is 4.63. The van der Waals surface area contributed by atoms with Crippen LogP contribution in [-0.2, 0) is 6.54 Å². The molecule has 0 radical (unpaired) electrons. The zero-order valence-electron chi connectivity index (χ0n) is 14.7. The summed E-state index contributed by atoms with van der Waals surface area (Å²) in [5.74, 6) is 1.58. The molecule has 0 unspecified atom stereocenters. The predicted molar refractivity (Wildman–Crippen MR) is 99.6 cm³/mol. The van der Waals surface area contributed by atoms with E-state index in [2.05, 4.69) is 61.2 Å². The van der Waals surface area contributed by atoms with E-state index in [1.54, 1.807) is 11.3 Å². The van der Waals surface area contributed by atoms with Crippen LogP contribution >= 0.6 is 11.3 Å².